The van der Waals surface area contributed by atoms with Crippen LogP contribution in [0, 0.1) is 0 Å². The third-order valence-corrected chi connectivity index (χ3v) is 6.69. The van der Waals surface area contributed by atoms with Crippen LogP contribution in [0.2, 0.25) is 10.0 Å². The number of benzene rings is 2. The van der Waals surface area contributed by atoms with E-state index in [1.165, 1.54) is 0 Å². The lowest BCUT2D eigenvalue weighted by molar-refractivity contribution is -0.136. The molecule has 162 valence electrons. The molecule has 0 saturated carbocycles. The summed E-state index contributed by atoms with van der Waals surface area (Å²) in [6.07, 6.45) is 5.48. The van der Waals surface area contributed by atoms with Gasteiger partial charge in [0, 0.05) is 54.4 Å². The third-order valence-electron chi connectivity index (χ3n) is 6.18. The number of hydrogen-bond acceptors (Lipinski definition) is 2. The summed E-state index contributed by atoms with van der Waals surface area (Å²) >= 11 is 12.0. The predicted octanol–water partition coefficient (Wildman–Crippen LogP) is 5.48. The van der Waals surface area contributed by atoms with E-state index in [1.807, 2.05) is 65.8 Å². The van der Waals surface area contributed by atoms with Crippen LogP contribution in [0.15, 0.2) is 73.1 Å². The Morgan fingerprint density at radius 2 is 1.48 bits per heavy atom. The number of carbonyl (C=O) groups excluding carboxylic acids is 1. The van der Waals surface area contributed by atoms with Crippen LogP contribution in [0.1, 0.15) is 36.3 Å². The van der Waals surface area contributed by atoms with Crippen LogP contribution in [0.5, 0.6) is 0 Å². The topological polar surface area (TPSA) is 45.5 Å². The molecular formula is C25H26Cl2N2O2. The average molecular weight is 457 g/mol. The first kappa shape index (κ1) is 21.9. The standard InChI is InChI=1S/C25H26Cl2N2O2/c26-22-7-3-19(4-8-22)20(18-28-13-1-2-14-28)17-24(30)29-15-11-25(31,12-16-29)21-5-9-23(27)10-6-21/h1-10,13-14,20,31H,11-12,15-18H2/t20-/m1/s1. The highest BCUT2D eigenvalue weighted by molar-refractivity contribution is 6.30. The molecule has 2 heterocycles. The van der Waals surface area contributed by atoms with E-state index in [9.17, 15) is 9.90 Å². The number of likely N-dealkylation sites (tertiary alicyclic amines) is 1. The zero-order valence-electron chi connectivity index (χ0n) is 17.3. The van der Waals surface area contributed by atoms with Crippen molar-refractivity contribution in [3.05, 3.63) is 94.2 Å². The van der Waals surface area contributed by atoms with E-state index in [0.29, 0.717) is 42.4 Å². The number of aromatic nitrogens is 1. The first-order valence-corrected chi connectivity index (χ1v) is 11.3. The number of aliphatic hydroxyl groups is 1. The van der Waals surface area contributed by atoms with Gasteiger partial charge in [0.25, 0.3) is 0 Å². The largest absolute Gasteiger partial charge is 0.385 e. The van der Waals surface area contributed by atoms with E-state index in [1.54, 1.807) is 12.1 Å². The van der Waals surface area contributed by atoms with Gasteiger partial charge in [-0.25, -0.2) is 0 Å². The van der Waals surface area contributed by atoms with Crippen molar-refractivity contribution < 1.29 is 9.90 Å². The fraction of sp³-hybridized carbons (Fsp3) is 0.320. The molecule has 0 radical (unpaired) electrons. The highest BCUT2D eigenvalue weighted by atomic mass is 35.5. The molecule has 4 nitrogen and oxygen atoms in total. The predicted molar refractivity (Wildman–Crippen MR) is 124 cm³/mol. The lowest BCUT2D eigenvalue weighted by Crippen LogP contribution is -2.45. The normalized spacial score (nSPS) is 16.8. The van der Waals surface area contributed by atoms with Crippen LogP contribution in [-0.4, -0.2) is 33.6 Å². The van der Waals surface area contributed by atoms with E-state index < -0.39 is 5.60 Å². The van der Waals surface area contributed by atoms with Crippen molar-refractivity contribution in [1.29, 1.82) is 0 Å². The Morgan fingerprint density at radius 1 is 0.935 bits per heavy atom. The minimum atomic E-state index is -0.915. The van der Waals surface area contributed by atoms with Crippen LogP contribution in [0.25, 0.3) is 0 Å². The molecule has 1 fully saturated rings. The fourth-order valence-corrected chi connectivity index (χ4v) is 4.54. The lowest BCUT2D eigenvalue weighted by Gasteiger charge is -2.39. The van der Waals surface area contributed by atoms with Crippen molar-refractivity contribution in [3.8, 4) is 0 Å². The molecular weight excluding hydrogens is 431 g/mol. The molecule has 2 aromatic carbocycles. The molecule has 4 rings (SSSR count). The van der Waals surface area contributed by atoms with Gasteiger partial charge in [-0.2, -0.15) is 0 Å². The van der Waals surface area contributed by atoms with Crippen LogP contribution < -0.4 is 0 Å². The van der Waals surface area contributed by atoms with E-state index >= 15 is 0 Å². The summed E-state index contributed by atoms with van der Waals surface area (Å²) in [5.41, 5.74) is 1.04. The highest BCUT2D eigenvalue weighted by Gasteiger charge is 2.35. The van der Waals surface area contributed by atoms with Crippen molar-refractivity contribution in [2.75, 3.05) is 13.1 Å². The van der Waals surface area contributed by atoms with Crippen molar-refractivity contribution >= 4 is 29.1 Å². The van der Waals surface area contributed by atoms with Gasteiger partial charge in [0.1, 0.15) is 0 Å². The Kier molecular flexibility index (Phi) is 6.71. The molecule has 3 aromatic rings. The summed E-state index contributed by atoms with van der Waals surface area (Å²) in [7, 11) is 0. The fourth-order valence-electron chi connectivity index (χ4n) is 4.28. The Bertz CT molecular complexity index is 993. The summed E-state index contributed by atoms with van der Waals surface area (Å²) < 4.78 is 2.10. The van der Waals surface area contributed by atoms with Gasteiger partial charge < -0.3 is 14.6 Å². The average Bonchev–Trinajstić information content (AvgIpc) is 3.28. The van der Waals surface area contributed by atoms with Crippen molar-refractivity contribution in [2.24, 2.45) is 0 Å². The molecule has 1 amide bonds. The molecule has 0 aliphatic carbocycles. The van der Waals surface area contributed by atoms with Crippen LogP contribution in [0.4, 0.5) is 0 Å². The Balaban J connectivity index is 1.43. The van der Waals surface area contributed by atoms with Crippen molar-refractivity contribution in [3.63, 3.8) is 0 Å². The van der Waals surface area contributed by atoms with Crippen LogP contribution >= 0.6 is 23.2 Å². The number of amides is 1. The molecule has 1 saturated heterocycles. The summed E-state index contributed by atoms with van der Waals surface area (Å²) in [6.45, 7) is 1.80. The smallest absolute Gasteiger partial charge is 0.223 e. The van der Waals surface area contributed by atoms with Gasteiger partial charge in [0.15, 0.2) is 0 Å². The second-order valence-corrected chi connectivity index (χ2v) is 9.12. The first-order valence-electron chi connectivity index (χ1n) is 10.6. The number of carbonyl (C=O) groups is 1. The molecule has 1 aliphatic rings. The maximum absolute atomic E-state index is 13.2. The molecule has 1 aromatic heterocycles. The maximum atomic E-state index is 13.2. The first-order chi connectivity index (χ1) is 14.9. The molecule has 1 aliphatic heterocycles. The number of piperidine rings is 1. The Morgan fingerprint density at radius 3 is 2.06 bits per heavy atom. The molecule has 0 bridgehead atoms. The SMILES string of the molecule is O=C(C[C@H](Cn1cccc1)c1ccc(Cl)cc1)N1CCC(O)(c2ccc(Cl)cc2)CC1. The molecule has 1 atom stereocenters. The summed E-state index contributed by atoms with van der Waals surface area (Å²) in [5, 5.41) is 12.4. The molecule has 0 spiro atoms. The van der Waals surface area contributed by atoms with E-state index in [0.717, 1.165) is 17.7 Å². The van der Waals surface area contributed by atoms with Gasteiger partial charge in [-0.3, -0.25) is 4.79 Å². The molecule has 31 heavy (non-hydrogen) atoms. The van der Waals surface area contributed by atoms with Gasteiger partial charge in [0.05, 0.1) is 5.60 Å². The lowest BCUT2D eigenvalue weighted by atomic mass is 9.84. The minimum absolute atomic E-state index is 0.0502. The van der Waals surface area contributed by atoms with Crippen LogP contribution in [-0.2, 0) is 16.9 Å². The van der Waals surface area contributed by atoms with E-state index in [2.05, 4.69) is 4.57 Å². The highest BCUT2D eigenvalue weighted by Crippen LogP contribution is 2.34. The number of hydrogen-bond donors (Lipinski definition) is 1. The summed E-state index contributed by atoms with van der Waals surface area (Å²) in [4.78, 5) is 15.0. The molecule has 0 unspecified atom stereocenters. The molecule has 1 N–H and O–H groups in total. The number of halogens is 2. The summed E-state index contributed by atoms with van der Waals surface area (Å²) in [5.74, 6) is 0.166. The Hall–Kier alpha value is -2.27. The summed E-state index contributed by atoms with van der Waals surface area (Å²) in [6, 6.07) is 19.1. The zero-order valence-corrected chi connectivity index (χ0v) is 18.8. The zero-order chi connectivity index (χ0) is 21.8. The second-order valence-electron chi connectivity index (χ2n) is 8.25. The number of rotatable bonds is 6. The maximum Gasteiger partial charge on any atom is 0.223 e. The molecule has 6 heteroatoms. The number of nitrogens with zero attached hydrogens (tertiary/aromatic N) is 2. The van der Waals surface area contributed by atoms with Gasteiger partial charge in [-0.05, 0) is 60.4 Å². The van der Waals surface area contributed by atoms with Gasteiger partial charge in [-0.1, -0.05) is 47.5 Å². The van der Waals surface area contributed by atoms with Crippen molar-refractivity contribution in [2.45, 2.75) is 37.3 Å². The van der Waals surface area contributed by atoms with Gasteiger partial charge in [0.2, 0.25) is 5.91 Å². The quantitative estimate of drug-likeness (QED) is 0.533. The van der Waals surface area contributed by atoms with Crippen LogP contribution in [0.3, 0.4) is 0 Å². The van der Waals surface area contributed by atoms with E-state index in [4.69, 9.17) is 23.2 Å². The van der Waals surface area contributed by atoms with Gasteiger partial charge >= 0.3 is 0 Å². The Labute approximate surface area is 193 Å². The monoisotopic (exact) mass is 456 g/mol. The minimum Gasteiger partial charge on any atom is -0.385 e. The van der Waals surface area contributed by atoms with E-state index in [-0.39, 0.29) is 11.8 Å². The van der Waals surface area contributed by atoms with Gasteiger partial charge in [-0.15, -0.1) is 0 Å². The third kappa shape index (κ3) is 5.32. The van der Waals surface area contributed by atoms with Crippen molar-refractivity contribution in [1.82, 2.24) is 9.47 Å². The second kappa shape index (κ2) is 9.47.